The second kappa shape index (κ2) is 14.7. The van der Waals surface area contributed by atoms with Crippen LogP contribution in [0.25, 0.3) is 0 Å². The Balaban J connectivity index is 1.75. The molecule has 0 heterocycles. The van der Waals surface area contributed by atoms with Gasteiger partial charge in [-0.3, -0.25) is 19.7 Å². The van der Waals surface area contributed by atoms with E-state index in [0.717, 1.165) is 18.7 Å². The zero-order valence-corrected chi connectivity index (χ0v) is 20.6. The first-order chi connectivity index (χ1) is 17.2. The molecule has 0 aliphatic carbocycles. The van der Waals surface area contributed by atoms with E-state index >= 15 is 0 Å². The Kier molecular flexibility index (Phi) is 11.7. The summed E-state index contributed by atoms with van der Waals surface area (Å²) in [5.74, 6) is -3.95. The monoisotopic (exact) mass is 520 g/mol. The van der Waals surface area contributed by atoms with Crippen LogP contribution in [0.1, 0.15) is 32.6 Å². The lowest BCUT2D eigenvalue weighted by molar-refractivity contribution is -0.384. The van der Waals surface area contributed by atoms with E-state index in [4.69, 9.17) is 26.6 Å². The number of benzene rings is 2. The Morgan fingerprint density at radius 3 is 2.33 bits per heavy atom. The number of likely N-dealkylation sites (N-methyl/N-ethyl adjacent to an activating group) is 1. The fraction of sp³-hybridized carbons (Fsp3) is 0.417. The lowest BCUT2D eigenvalue weighted by atomic mass is 10.0. The predicted molar refractivity (Wildman–Crippen MR) is 135 cm³/mol. The van der Waals surface area contributed by atoms with Crippen molar-refractivity contribution in [3.05, 3.63) is 57.6 Å². The number of nitro groups is 1. The minimum atomic E-state index is -1.35. The van der Waals surface area contributed by atoms with Gasteiger partial charge in [0.2, 0.25) is 0 Å². The zero-order chi connectivity index (χ0) is 26.5. The maximum atomic E-state index is 10.9. The van der Waals surface area contributed by atoms with Crippen molar-refractivity contribution in [1.82, 2.24) is 0 Å². The summed E-state index contributed by atoms with van der Waals surface area (Å²) in [6, 6.07) is 11.4. The quantitative estimate of drug-likeness (QED) is 0.0917. The molecule has 0 atom stereocenters. The van der Waals surface area contributed by atoms with Crippen LogP contribution < -0.4 is 4.90 Å². The molecular weight excluding hydrogens is 492 g/mol. The molecule has 2 aromatic carbocycles. The van der Waals surface area contributed by atoms with E-state index in [1.807, 2.05) is 31.2 Å². The molecule has 0 fully saturated rings. The number of unbranched alkanes of at least 4 members (excludes halogenated alkanes) is 2. The summed E-state index contributed by atoms with van der Waals surface area (Å²) in [5, 5.41) is 36.9. The van der Waals surface area contributed by atoms with Gasteiger partial charge in [-0.1, -0.05) is 24.4 Å². The number of halogens is 1. The number of anilines is 1. The van der Waals surface area contributed by atoms with Gasteiger partial charge in [-0.05, 0) is 50.1 Å². The number of azo groups is 1. The normalized spacial score (nSPS) is 11.2. The average Bonchev–Trinajstić information content (AvgIpc) is 2.84. The Morgan fingerprint density at radius 1 is 1.06 bits per heavy atom. The summed E-state index contributed by atoms with van der Waals surface area (Å²) in [5.41, 5.74) is 1.81. The smallest absolute Gasteiger partial charge is 0.317 e. The average molecular weight is 521 g/mol. The summed E-state index contributed by atoms with van der Waals surface area (Å²) in [6.45, 7) is 4.52. The molecule has 0 unspecified atom stereocenters. The minimum absolute atomic E-state index is 0.114. The van der Waals surface area contributed by atoms with E-state index in [2.05, 4.69) is 15.1 Å². The van der Waals surface area contributed by atoms with Crippen LogP contribution >= 0.6 is 11.6 Å². The maximum Gasteiger partial charge on any atom is 0.317 e. The highest BCUT2D eigenvalue weighted by Crippen LogP contribution is 2.30. The van der Waals surface area contributed by atoms with Gasteiger partial charge in [0, 0.05) is 37.5 Å². The molecule has 12 heteroatoms. The molecule has 0 spiro atoms. The lowest BCUT2D eigenvalue weighted by Gasteiger charge is -2.23. The topological polar surface area (TPSA) is 155 Å². The summed E-state index contributed by atoms with van der Waals surface area (Å²) in [7, 11) is 0. The first kappa shape index (κ1) is 28.7. The Hall–Kier alpha value is -3.57. The maximum absolute atomic E-state index is 10.9. The molecule has 0 aromatic heterocycles. The number of aliphatic carboxylic acids is 2. The van der Waals surface area contributed by atoms with Crippen LogP contribution in [-0.4, -0.2) is 53.4 Å². The number of hydrogen-bond acceptors (Lipinski definition) is 8. The first-order valence-corrected chi connectivity index (χ1v) is 11.8. The fourth-order valence-corrected chi connectivity index (χ4v) is 3.57. The van der Waals surface area contributed by atoms with Gasteiger partial charge in [-0.2, -0.15) is 5.11 Å². The third kappa shape index (κ3) is 9.23. The van der Waals surface area contributed by atoms with Crippen LogP contribution in [0.15, 0.2) is 52.7 Å². The molecular formula is C24H29ClN4O7. The number of nitro benzene ring substituents is 1. The van der Waals surface area contributed by atoms with E-state index in [0.29, 0.717) is 44.0 Å². The molecule has 0 aliphatic heterocycles. The first-order valence-electron chi connectivity index (χ1n) is 11.5. The second-order valence-electron chi connectivity index (χ2n) is 7.88. The number of carbonyl (C=O) groups is 2. The highest BCUT2D eigenvalue weighted by molar-refractivity contribution is 6.33. The molecule has 194 valence electrons. The molecule has 11 nitrogen and oxygen atoms in total. The number of nitrogens with zero attached hydrogens (tertiary/aromatic N) is 4. The molecule has 0 aliphatic rings. The molecule has 2 rings (SSSR count). The standard InChI is InChI=1S/C24H29ClN4O7/c1-2-28(13-15-36-14-5-3-4-6-20(23(30)31)24(32)33)18-9-7-17(8-10-18)26-27-22-12-11-19(29(34)35)16-21(22)25/h7-12,16,20H,2-6,13-15H2,1H3,(H,30,31)(H,32,33). The van der Waals surface area contributed by atoms with Gasteiger partial charge < -0.3 is 19.8 Å². The van der Waals surface area contributed by atoms with E-state index < -0.39 is 22.8 Å². The molecule has 0 bridgehead atoms. The number of non-ortho nitro benzene ring substituents is 1. The number of carboxylic acid groups (broad SMARTS) is 2. The molecule has 0 saturated heterocycles. The van der Waals surface area contributed by atoms with Crippen molar-refractivity contribution in [2.45, 2.75) is 32.6 Å². The molecule has 2 N–H and O–H groups in total. The van der Waals surface area contributed by atoms with Gasteiger partial charge in [0.05, 0.1) is 22.2 Å². The van der Waals surface area contributed by atoms with E-state index in [9.17, 15) is 19.7 Å². The van der Waals surface area contributed by atoms with Gasteiger partial charge >= 0.3 is 11.9 Å². The number of rotatable bonds is 16. The Bertz CT molecular complexity index is 1050. The van der Waals surface area contributed by atoms with E-state index in [-0.39, 0.29) is 17.1 Å². The van der Waals surface area contributed by atoms with Crippen molar-refractivity contribution < 1.29 is 29.5 Å². The number of carboxylic acids is 2. The largest absolute Gasteiger partial charge is 0.481 e. The van der Waals surface area contributed by atoms with Crippen molar-refractivity contribution >= 4 is 46.3 Å². The SMILES string of the molecule is CCN(CCOCCCCCC(C(=O)O)C(=O)O)c1ccc(N=Nc2ccc([N+](=O)[O-])cc2Cl)cc1. The van der Waals surface area contributed by atoms with Gasteiger partial charge in [0.25, 0.3) is 5.69 Å². The van der Waals surface area contributed by atoms with Gasteiger partial charge in [-0.25, -0.2) is 0 Å². The van der Waals surface area contributed by atoms with Crippen molar-refractivity contribution in [2.24, 2.45) is 16.1 Å². The summed E-state index contributed by atoms with van der Waals surface area (Å²) in [4.78, 5) is 34.1. The molecule has 2 aromatic rings. The van der Waals surface area contributed by atoms with Crippen molar-refractivity contribution in [2.75, 3.05) is 31.2 Å². The molecule has 0 saturated carbocycles. The van der Waals surface area contributed by atoms with Crippen LogP contribution in [0.3, 0.4) is 0 Å². The Labute approximate surface area is 213 Å². The van der Waals surface area contributed by atoms with Gasteiger partial charge in [0.1, 0.15) is 5.69 Å². The highest BCUT2D eigenvalue weighted by atomic mass is 35.5. The minimum Gasteiger partial charge on any atom is -0.481 e. The molecule has 36 heavy (non-hydrogen) atoms. The van der Waals surface area contributed by atoms with Gasteiger partial charge in [-0.15, -0.1) is 5.11 Å². The third-order valence-electron chi connectivity index (χ3n) is 5.40. The molecule has 0 radical (unpaired) electrons. The zero-order valence-electron chi connectivity index (χ0n) is 19.9. The van der Waals surface area contributed by atoms with Crippen LogP contribution in [0.2, 0.25) is 5.02 Å². The van der Waals surface area contributed by atoms with Crippen LogP contribution in [-0.2, 0) is 14.3 Å². The molecule has 0 amide bonds. The summed E-state index contributed by atoms with van der Waals surface area (Å²) < 4.78 is 5.67. The van der Waals surface area contributed by atoms with E-state index in [1.165, 1.54) is 18.2 Å². The lowest BCUT2D eigenvalue weighted by Crippen LogP contribution is -2.27. The highest BCUT2D eigenvalue weighted by Gasteiger charge is 2.24. The number of ether oxygens (including phenoxy) is 1. The summed E-state index contributed by atoms with van der Waals surface area (Å²) in [6.07, 6.45) is 2.07. The predicted octanol–water partition coefficient (Wildman–Crippen LogP) is 5.85. The Morgan fingerprint density at radius 2 is 1.75 bits per heavy atom. The van der Waals surface area contributed by atoms with E-state index in [1.54, 1.807) is 0 Å². The number of hydrogen-bond donors (Lipinski definition) is 2. The van der Waals surface area contributed by atoms with Crippen molar-refractivity contribution in [1.29, 1.82) is 0 Å². The fourth-order valence-electron chi connectivity index (χ4n) is 3.36. The van der Waals surface area contributed by atoms with Gasteiger partial charge in [0.15, 0.2) is 5.92 Å². The van der Waals surface area contributed by atoms with Crippen LogP contribution in [0.5, 0.6) is 0 Å². The summed E-state index contributed by atoms with van der Waals surface area (Å²) >= 11 is 6.04. The van der Waals surface area contributed by atoms with Crippen molar-refractivity contribution in [3.8, 4) is 0 Å². The second-order valence-corrected chi connectivity index (χ2v) is 8.29. The third-order valence-corrected chi connectivity index (χ3v) is 5.70. The van der Waals surface area contributed by atoms with Crippen molar-refractivity contribution in [3.63, 3.8) is 0 Å². The van der Waals surface area contributed by atoms with Crippen LogP contribution in [0, 0.1) is 16.0 Å². The van der Waals surface area contributed by atoms with Crippen LogP contribution in [0.4, 0.5) is 22.7 Å².